The zero-order valence-corrected chi connectivity index (χ0v) is 11.1. The molecule has 0 bridgehead atoms. The molecule has 0 aromatic heterocycles. The first kappa shape index (κ1) is 11.7. The third-order valence-corrected chi connectivity index (χ3v) is 4.34. The Balaban J connectivity index is 1.83. The van der Waals surface area contributed by atoms with Crippen LogP contribution in [0.5, 0.6) is 0 Å². The lowest BCUT2D eigenvalue weighted by Crippen LogP contribution is -2.34. The van der Waals surface area contributed by atoms with Gasteiger partial charge in [-0.3, -0.25) is 4.79 Å². The van der Waals surface area contributed by atoms with E-state index in [4.69, 9.17) is 0 Å². The second-order valence-electron chi connectivity index (χ2n) is 5.59. The SMILES string of the molecule is Cc1cccc(C)c1C(=O)N1C[C@@H]2CCN[C@@H]2C1. The summed E-state index contributed by atoms with van der Waals surface area (Å²) in [4.78, 5) is 14.6. The van der Waals surface area contributed by atoms with Gasteiger partial charge in [0.15, 0.2) is 0 Å². The molecule has 1 N–H and O–H groups in total. The van der Waals surface area contributed by atoms with Gasteiger partial charge in [0, 0.05) is 24.7 Å². The number of fused-ring (bicyclic) bond motifs is 1. The van der Waals surface area contributed by atoms with Gasteiger partial charge in [-0.25, -0.2) is 0 Å². The fourth-order valence-electron chi connectivity index (χ4n) is 3.32. The first-order valence-electron chi connectivity index (χ1n) is 6.75. The van der Waals surface area contributed by atoms with Gasteiger partial charge in [-0.1, -0.05) is 18.2 Å². The number of amides is 1. The summed E-state index contributed by atoms with van der Waals surface area (Å²) < 4.78 is 0. The van der Waals surface area contributed by atoms with Crippen LogP contribution in [0, 0.1) is 19.8 Å². The monoisotopic (exact) mass is 244 g/mol. The van der Waals surface area contributed by atoms with E-state index in [0.717, 1.165) is 36.3 Å². The zero-order chi connectivity index (χ0) is 12.7. The average molecular weight is 244 g/mol. The molecule has 2 aliphatic rings. The van der Waals surface area contributed by atoms with Crippen molar-refractivity contribution in [2.45, 2.75) is 26.3 Å². The Morgan fingerprint density at radius 2 is 2.00 bits per heavy atom. The molecule has 1 amide bonds. The molecule has 1 aromatic rings. The number of nitrogens with one attached hydrogen (secondary N) is 1. The minimum Gasteiger partial charge on any atom is -0.337 e. The Labute approximate surface area is 108 Å². The lowest BCUT2D eigenvalue weighted by atomic mass is 10.0. The molecule has 0 spiro atoms. The number of aryl methyl sites for hydroxylation is 2. The van der Waals surface area contributed by atoms with Crippen LogP contribution < -0.4 is 5.32 Å². The summed E-state index contributed by atoms with van der Waals surface area (Å²) in [6.45, 7) is 6.95. The van der Waals surface area contributed by atoms with Gasteiger partial charge in [0.2, 0.25) is 0 Å². The molecule has 0 unspecified atom stereocenters. The molecular weight excluding hydrogens is 224 g/mol. The maximum absolute atomic E-state index is 12.6. The number of carbonyl (C=O) groups excluding carboxylic acids is 1. The first-order chi connectivity index (χ1) is 8.66. The Morgan fingerprint density at radius 1 is 1.28 bits per heavy atom. The molecule has 0 aliphatic carbocycles. The summed E-state index contributed by atoms with van der Waals surface area (Å²) in [5.41, 5.74) is 3.08. The van der Waals surface area contributed by atoms with E-state index < -0.39 is 0 Å². The van der Waals surface area contributed by atoms with Gasteiger partial charge in [-0.15, -0.1) is 0 Å². The van der Waals surface area contributed by atoms with Gasteiger partial charge in [-0.05, 0) is 43.9 Å². The van der Waals surface area contributed by atoms with Crippen LogP contribution >= 0.6 is 0 Å². The van der Waals surface area contributed by atoms with E-state index in [-0.39, 0.29) is 5.91 Å². The molecule has 0 radical (unpaired) electrons. The van der Waals surface area contributed by atoms with Crippen molar-refractivity contribution < 1.29 is 4.79 Å². The van der Waals surface area contributed by atoms with Crippen LogP contribution in [0.4, 0.5) is 0 Å². The van der Waals surface area contributed by atoms with Crippen molar-refractivity contribution in [1.29, 1.82) is 0 Å². The summed E-state index contributed by atoms with van der Waals surface area (Å²) >= 11 is 0. The number of nitrogens with zero attached hydrogens (tertiary/aromatic N) is 1. The second kappa shape index (κ2) is 4.39. The van der Waals surface area contributed by atoms with Crippen molar-refractivity contribution in [3.63, 3.8) is 0 Å². The number of likely N-dealkylation sites (tertiary alicyclic amines) is 1. The summed E-state index contributed by atoms with van der Waals surface area (Å²) in [6, 6.07) is 6.59. The van der Waals surface area contributed by atoms with Crippen LogP contribution in [-0.4, -0.2) is 36.5 Å². The Morgan fingerprint density at radius 3 is 2.67 bits per heavy atom. The van der Waals surface area contributed by atoms with Crippen molar-refractivity contribution >= 4 is 5.91 Å². The molecule has 3 heteroatoms. The van der Waals surface area contributed by atoms with Crippen LogP contribution in [0.3, 0.4) is 0 Å². The average Bonchev–Trinajstić information content (AvgIpc) is 2.88. The summed E-state index contributed by atoms with van der Waals surface area (Å²) in [6.07, 6.45) is 1.21. The summed E-state index contributed by atoms with van der Waals surface area (Å²) in [5, 5.41) is 3.49. The number of hydrogen-bond donors (Lipinski definition) is 1. The number of benzene rings is 1. The molecule has 96 valence electrons. The highest BCUT2D eigenvalue weighted by atomic mass is 16.2. The van der Waals surface area contributed by atoms with Crippen molar-refractivity contribution in [1.82, 2.24) is 10.2 Å². The van der Waals surface area contributed by atoms with Crippen molar-refractivity contribution in [3.05, 3.63) is 34.9 Å². The van der Waals surface area contributed by atoms with Gasteiger partial charge in [0.25, 0.3) is 5.91 Å². The molecule has 2 fully saturated rings. The van der Waals surface area contributed by atoms with Crippen molar-refractivity contribution in [3.8, 4) is 0 Å². The fourth-order valence-corrected chi connectivity index (χ4v) is 3.32. The van der Waals surface area contributed by atoms with Crippen LogP contribution in [0.15, 0.2) is 18.2 Å². The second-order valence-corrected chi connectivity index (χ2v) is 5.59. The molecule has 3 nitrogen and oxygen atoms in total. The van der Waals surface area contributed by atoms with E-state index in [2.05, 4.69) is 5.32 Å². The van der Waals surface area contributed by atoms with Crippen LogP contribution in [0.2, 0.25) is 0 Å². The van der Waals surface area contributed by atoms with Crippen LogP contribution in [0.1, 0.15) is 27.9 Å². The molecule has 18 heavy (non-hydrogen) atoms. The Bertz CT molecular complexity index is 451. The molecular formula is C15H20N2O. The largest absolute Gasteiger partial charge is 0.337 e. The molecule has 0 saturated carbocycles. The standard InChI is InChI=1S/C15H20N2O/c1-10-4-3-5-11(2)14(10)15(18)17-8-12-6-7-16-13(12)9-17/h3-5,12-13,16H,6-9H2,1-2H3/t12-,13+/m0/s1. The number of carbonyl (C=O) groups is 1. The topological polar surface area (TPSA) is 32.3 Å². The van der Waals surface area contributed by atoms with E-state index in [1.54, 1.807) is 0 Å². The van der Waals surface area contributed by atoms with Gasteiger partial charge in [0.1, 0.15) is 0 Å². The van der Waals surface area contributed by atoms with Crippen molar-refractivity contribution in [2.24, 2.45) is 5.92 Å². The van der Waals surface area contributed by atoms with Crippen LogP contribution in [0.25, 0.3) is 0 Å². The maximum atomic E-state index is 12.6. The minimum atomic E-state index is 0.210. The highest BCUT2D eigenvalue weighted by Gasteiger charge is 2.38. The molecule has 2 atom stereocenters. The summed E-state index contributed by atoms with van der Waals surface area (Å²) in [7, 11) is 0. The predicted octanol–water partition coefficient (Wildman–Crippen LogP) is 1.74. The highest BCUT2D eigenvalue weighted by Crippen LogP contribution is 2.27. The maximum Gasteiger partial charge on any atom is 0.254 e. The molecule has 1 aromatic carbocycles. The third kappa shape index (κ3) is 1.83. The lowest BCUT2D eigenvalue weighted by molar-refractivity contribution is 0.0781. The normalized spacial score (nSPS) is 26.4. The van der Waals surface area contributed by atoms with E-state index in [0.29, 0.717) is 12.0 Å². The molecule has 2 heterocycles. The Hall–Kier alpha value is -1.35. The highest BCUT2D eigenvalue weighted by molar-refractivity contribution is 5.97. The Kier molecular flexibility index (Phi) is 2.86. The zero-order valence-electron chi connectivity index (χ0n) is 11.1. The molecule has 2 saturated heterocycles. The summed E-state index contributed by atoms with van der Waals surface area (Å²) in [5.74, 6) is 0.875. The van der Waals surface area contributed by atoms with Gasteiger partial charge >= 0.3 is 0 Å². The number of rotatable bonds is 1. The van der Waals surface area contributed by atoms with E-state index in [1.165, 1.54) is 6.42 Å². The fraction of sp³-hybridized carbons (Fsp3) is 0.533. The predicted molar refractivity (Wildman–Crippen MR) is 71.7 cm³/mol. The van der Waals surface area contributed by atoms with E-state index in [9.17, 15) is 4.79 Å². The molecule has 2 aliphatic heterocycles. The van der Waals surface area contributed by atoms with E-state index in [1.807, 2.05) is 36.9 Å². The molecule has 3 rings (SSSR count). The lowest BCUT2D eigenvalue weighted by Gasteiger charge is -2.20. The minimum absolute atomic E-state index is 0.210. The van der Waals surface area contributed by atoms with Crippen molar-refractivity contribution in [2.75, 3.05) is 19.6 Å². The van der Waals surface area contributed by atoms with E-state index >= 15 is 0 Å². The van der Waals surface area contributed by atoms with Gasteiger partial charge in [-0.2, -0.15) is 0 Å². The van der Waals surface area contributed by atoms with Gasteiger partial charge in [0.05, 0.1) is 0 Å². The smallest absolute Gasteiger partial charge is 0.254 e. The van der Waals surface area contributed by atoms with Gasteiger partial charge < -0.3 is 10.2 Å². The quantitative estimate of drug-likeness (QED) is 0.816. The first-order valence-corrected chi connectivity index (χ1v) is 6.75. The number of hydrogen-bond acceptors (Lipinski definition) is 2. The third-order valence-electron chi connectivity index (χ3n) is 4.34. The van der Waals surface area contributed by atoms with Crippen LogP contribution in [-0.2, 0) is 0 Å².